The minimum absolute atomic E-state index is 0.0432. The van der Waals surface area contributed by atoms with Crippen LogP contribution in [0.25, 0.3) is 11.3 Å². The first-order valence-electron chi connectivity index (χ1n) is 4.47. The minimum atomic E-state index is -0.557. The average Bonchev–Trinajstić information content (AvgIpc) is 2.54. The van der Waals surface area contributed by atoms with Crippen molar-refractivity contribution in [1.29, 1.82) is 0 Å². The molecule has 0 amide bonds. The lowest BCUT2D eigenvalue weighted by molar-refractivity contribution is 0.471. The maximum atomic E-state index is 13.8. The quantitative estimate of drug-likeness (QED) is 0.845. The van der Waals surface area contributed by atoms with Crippen molar-refractivity contribution in [3.8, 4) is 17.0 Å². The summed E-state index contributed by atoms with van der Waals surface area (Å²) in [6.07, 6.45) is 0. The summed E-state index contributed by atoms with van der Waals surface area (Å²) in [6, 6.07) is 4.33. The highest BCUT2D eigenvalue weighted by Crippen LogP contribution is 2.35. The number of benzene rings is 1. The number of hydrogen-bond acceptors (Lipinski definition) is 3. The number of aromatic nitrogens is 2. The van der Waals surface area contributed by atoms with Crippen LogP contribution in [0.2, 0.25) is 0 Å². The molecule has 0 unspecified atom stereocenters. The van der Waals surface area contributed by atoms with E-state index in [1.165, 1.54) is 22.9 Å². The molecule has 1 aromatic heterocycles. The Morgan fingerprint density at radius 1 is 1.50 bits per heavy atom. The molecule has 0 atom stereocenters. The van der Waals surface area contributed by atoms with Crippen molar-refractivity contribution in [1.82, 2.24) is 9.78 Å². The van der Waals surface area contributed by atoms with Crippen LogP contribution in [0.4, 0.5) is 10.2 Å². The fraction of sp³-hybridized carbons (Fsp3) is 0.100. The van der Waals surface area contributed by atoms with Crippen LogP contribution in [0.5, 0.6) is 5.75 Å². The number of nitrogen functional groups attached to an aromatic ring is 1. The molecule has 16 heavy (non-hydrogen) atoms. The molecular weight excluding hydrogens is 277 g/mol. The number of halogens is 2. The van der Waals surface area contributed by atoms with E-state index < -0.39 is 5.82 Å². The highest BCUT2D eigenvalue weighted by Gasteiger charge is 2.16. The van der Waals surface area contributed by atoms with Crippen LogP contribution in [-0.2, 0) is 7.05 Å². The second-order valence-corrected chi connectivity index (χ2v) is 4.19. The SMILES string of the molecule is Cn1nc(-c2c(O)ccc(Br)c2F)cc1N. The van der Waals surface area contributed by atoms with Gasteiger partial charge in [0.2, 0.25) is 0 Å². The zero-order chi connectivity index (χ0) is 11.9. The highest BCUT2D eigenvalue weighted by molar-refractivity contribution is 9.10. The standard InChI is InChI=1S/C10H9BrFN3O/c1-15-8(13)4-6(14-15)9-7(16)3-2-5(11)10(9)12/h2-4,16H,13H2,1H3. The minimum Gasteiger partial charge on any atom is -0.507 e. The van der Waals surface area contributed by atoms with Crippen molar-refractivity contribution >= 4 is 21.7 Å². The molecule has 0 aliphatic carbocycles. The van der Waals surface area contributed by atoms with Gasteiger partial charge in [-0.2, -0.15) is 5.10 Å². The lowest BCUT2D eigenvalue weighted by atomic mass is 10.1. The molecule has 0 aliphatic rings. The van der Waals surface area contributed by atoms with Gasteiger partial charge in [0.05, 0.1) is 10.0 Å². The van der Waals surface area contributed by atoms with Gasteiger partial charge in [0.25, 0.3) is 0 Å². The normalized spacial score (nSPS) is 10.7. The monoisotopic (exact) mass is 285 g/mol. The van der Waals surface area contributed by atoms with Crippen molar-refractivity contribution in [2.24, 2.45) is 7.05 Å². The molecule has 1 heterocycles. The first-order valence-corrected chi connectivity index (χ1v) is 5.27. The molecular formula is C10H9BrFN3O. The molecule has 0 aliphatic heterocycles. The van der Waals surface area contributed by atoms with Gasteiger partial charge in [-0.1, -0.05) is 0 Å². The van der Waals surface area contributed by atoms with Crippen LogP contribution >= 0.6 is 15.9 Å². The smallest absolute Gasteiger partial charge is 0.150 e. The third kappa shape index (κ3) is 1.65. The Bertz CT molecular complexity index is 534. The summed E-state index contributed by atoms with van der Waals surface area (Å²) in [6.45, 7) is 0. The molecule has 1 aromatic carbocycles. The maximum absolute atomic E-state index is 13.8. The first kappa shape index (κ1) is 10.9. The van der Waals surface area contributed by atoms with E-state index in [-0.39, 0.29) is 15.8 Å². The van der Waals surface area contributed by atoms with Gasteiger partial charge in [-0.3, -0.25) is 4.68 Å². The third-order valence-corrected chi connectivity index (χ3v) is 2.86. The Morgan fingerprint density at radius 3 is 2.75 bits per heavy atom. The number of anilines is 1. The summed E-state index contributed by atoms with van der Waals surface area (Å²) in [4.78, 5) is 0. The zero-order valence-corrected chi connectivity index (χ0v) is 9.99. The number of nitrogens with two attached hydrogens (primary N) is 1. The van der Waals surface area contributed by atoms with Crippen LogP contribution in [0.3, 0.4) is 0 Å². The van der Waals surface area contributed by atoms with Crippen LogP contribution < -0.4 is 5.73 Å². The van der Waals surface area contributed by atoms with Crippen molar-refractivity contribution in [2.45, 2.75) is 0 Å². The van der Waals surface area contributed by atoms with Gasteiger partial charge in [0.15, 0.2) is 5.82 Å². The van der Waals surface area contributed by atoms with Crippen LogP contribution in [0.1, 0.15) is 0 Å². The molecule has 0 radical (unpaired) electrons. The second-order valence-electron chi connectivity index (χ2n) is 3.33. The van der Waals surface area contributed by atoms with Crippen LogP contribution in [0, 0.1) is 5.82 Å². The van der Waals surface area contributed by atoms with E-state index in [2.05, 4.69) is 21.0 Å². The van der Waals surface area contributed by atoms with Gasteiger partial charge in [-0.25, -0.2) is 4.39 Å². The predicted octanol–water partition coefficient (Wildman–Crippen LogP) is 2.28. The topological polar surface area (TPSA) is 64.1 Å². The van der Waals surface area contributed by atoms with Crippen LogP contribution in [0.15, 0.2) is 22.7 Å². The van der Waals surface area contributed by atoms with E-state index in [0.717, 1.165) is 0 Å². The zero-order valence-electron chi connectivity index (χ0n) is 8.41. The Balaban J connectivity index is 2.68. The largest absolute Gasteiger partial charge is 0.507 e. The average molecular weight is 286 g/mol. The Labute approximate surface area is 99.6 Å². The summed E-state index contributed by atoms with van der Waals surface area (Å²) in [5.41, 5.74) is 5.95. The lowest BCUT2D eigenvalue weighted by Gasteiger charge is -2.04. The van der Waals surface area contributed by atoms with E-state index in [1.54, 1.807) is 7.05 Å². The Hall–Kier alpha value is -1.56. The molecule has 0 fully saturated rings. The molecule has 84 valence electrons. The lowest BCUT2D eigenvalue weighted by Crippen LogP contribution is -1.96. The van der Waals surface area contributed by atoms with Crippen molar-refractivity contribution in [3.05, 3.63) is 28.5 Å². The van der Waals surface area contributed by atoms with Gasteiger partial charge >= 0.3 is 0 Å². The number of aryl methyl sites for hydroxylation is 1. The summed E-state index contributed by atoms with van der Waals surface area (Å²) in [5.74, 6) is -0.328. The fourth-order valence-corrected chi connectivity index (χ4v) is 1.72. The molecule has 0 saturated carbocycles. The number of nitrogens with zero attached hydrogens (tertiary/aromatic N) is 2. The summed E-state index contributed by atoms with van der Waals surface area (Å²) < 4.78 is 15.5. The molecule has 2 rings (SSSR count). The number of phenols is 1. The molecule has 0 spiro atoms. The molecule has 0 bridgehead atoms. The third-order valence-electron chi connectivity index (χ3n) is 2.24. The predicted molar refractivity (Wildman–Crippen MR) is 62.4 cm³/mol. The Kier molecular flexibility index (Phi) is 2.59. The summed E-state index contributed by atoms with van der Waals surface area (Å²) in [7, 11) is 1.64. The van der Waals surface area contributed by atoms with Gasteiger partial charge in [-0.05, 0) is 28.1 Å². The van der Waals surface area contributed by atoms with E-state index in [9.17, 15) is 9.50 Å². The van der Waals surface area contributed by atoms with Gasteiger partial charge < -0.3 is 10.8 Å². The molecule has 4 nitrogen and oxygen atoms in total. The van der Waals surface area contributed by atoms with E-state index in [1.807, 2.05) is 0 Å². The van der Waals surface area contributed by atoms with Crippen molar-refractivity contribution in [3.63, 3.8) is 0 Å². The highest BCUT2D eigenvalue weighted by atomic mass is 79.9. The summed E-state index contributed by atoms with van der Waals surface area (Å²) in [5, 5.41) is 13.6. The van der Waals surface area contributed by atoms with Crippen molar-refractivity contribution in [2.75, 3.05) is 5.73 Å². The number of hydrogen-bond donors (Lipinski definition) is 2. The van der Waals surface area contributed by atoms with Gasteiger partial charge in [0, 0.05) is 13.1 Å². The van der Waals surface area contributed by atoms with Crippen molar-refractivity contribution < 1.29 is 9.50 Å². The number of aromatic hydroxyl groups is 1. The maximum Gasteiger partial charge on any atom is 0.150 e. The summed E-state index contributed by atoms with van der Waals surface area (Å²) >= 11 is 3.05. The molecule has 0 saturated heterocycles. The fourth-order valence-electron chi connectivity index (χ4n) is 1.39. The van der Waals surface area contributed by atoms with Gasteiger partial charge in [-0.15, -0.1) is 0 Å². The number of rotatable bonds is 1. The van der Waals surface area contributed by atoms with E-state index in [0.29, 0.717) is 11.5 Å². The van der Waals surface area contributed by atoms with Gasteiger partial charge in [0.1, 0.15) is 17.3 Å². The molecule has 2 aromatic rings. The first-order chi connectivity index (χ1) is 7.50. The van der Waals surface area contributed by atoms with E-state index in [4.69, 9.17) is 5.73 Å². The molecule has 3 N–H and O–H groups in total. The molecule has 6 heteroatoms. The second kappa shape index (κ2) is 3.79. The number of phenolic OH excluding ortho intramolecular Hbond substituents is 1. The van der Waals surface area contributed by atoms with E-state index >= 15 is 0 Å². The Morgan fingerprint density at radius 2 is 2.19 bits per heavy atom. The van der Waals surface area contributed by atoms with Crippen LogP contribution in [-0.4, -0.2) is 14.9 Å².